The predicted molar refractivity (Wildman–Crippen MR) is 92.1 cm³/mol. The van der Waals surface area contributed by atoms with Crippen molar-refractivity contribution in [1.29, 1.82) is 0 Å². The van der Waals surface area contributed by atoms with Crippen LogP contribution < -0.4 is 10.1 Å². The maximum absolute atomic E-state index is 12.5. The van der Waals surface area contributed by atoms with Crippen LogP contribution in [-0.2, 0) is 17.4 Å². The number of nitrogens with one attached hydrogen (secondary N) is 1. The Morgan fingerprint density at radius 3 is 2.24 bits per heavy atom. The molecule has 4 nitrogen and oxygen atoms in total. The largest absolute Gasteiger partial charge is 0.483 e. The van der Waals surface area contributed by atoms with Crippen LogP contribution in [0.25, 0.3) is 0 Å². The quantitative estimate of drug-likeness (QED) is 0.652. The topological polar surface area (TPSA) is 51.2 Å². The Morgan fingerprint density at radius 1 is 1.07 bits per heavy atom. The zero-order valence-corrected chi connectivity index (χ0v) is 15.3. The molecule has 0 aliphatic heterocycles. The Labute approximate surface area is 162 Å². The van der Waals surface area contributed by atoms with Crippen LogP contribution in [0.15, 0.2) is 42.6 Å². The van der Waals surface area contributed by atoms with E-state index in [1.54, 1.807) is 6.92 Å². The predicted octanol–water partition coefficient (Wildman–Crippen LogP) is 4.85. The number of nitrogens with zero attached hydrogens (tertiary/aromatic N) is 1. The maximum Gasteiger partial charge on any atom is 0.422 e. The van der Waals surface area contributed by atoms with Gasteiger partial charge in [-0.15, -0.1) is 0 Å². The van der Waals surface area contributed by atoms with Gasteiger partial charge in [0.25, 0.3) is 0 Å². The highest BCUT2D eigenvalue weighted by molar-refractivity contribution is 5.76. The molecule has 0 saturated heterocycles. The van der Waals surface area contributed by atoms with Gasteiger partial charge in [0.1, 0.15) is 5.75 Å². The molecule has 1 N–H and O–H groups in total. The first-order chi connectivity index (χ1) is 13.4. The van der Waals surface area contributed by atoms with Crippen molar-refractivity contribution in [3.63, 3.8) is 0 Å². The number of alkyl halides is 6. The summed E-state index contributed by atoms with van der Waals surface area (Å²) >= 11 is 0. The van der Waals surface area contributed by atoms with Gasteiger partial charge in [-0.3, -0.25) is 9.78 Å². The van der Waals surface area contributed by atoms with Crippen LogP contribution in [-0.4, -0.2) is 23.7 Å². The third-order valence-electron chi connectivity index (χ3n) is 3.90. The number of benzene rings is 1. The number of hydrogen-bond acceptors (Lipinski definition) is 3. The van der Waals surface area contributed by atoms with E-state index >= 15 is 0 Å². The van der Waals surface area contributed by atoms with E-state index in [0.717, 1.165) is 18.3 Å². The molecule has 0 bridgehead atoms. The van der Waals surface area contributed by atoms with Crippen LogP contribution in [0.5, 0.6) is 5.75 Å². The van der Waals surface area contributed by atoms with Gasteiger partial charge in [0, 0.05) is 6.42 Å². The SMILES string of the molecule is C[C@@H](NC(=O)CCc1ccc(C(F)(F)F)cc1)c1ccc(OCC(F)(F)F)cn1. The van der Waals surface area contributed by atoms with Crippen molar-refractivity contribution in [2.24, 2.45) is 0 Å². The first-order valence-electron chi connectivity index (χ1n) is 8.55. The minimum absolute atomic E-state index is 0.0492. The molecule has 0 radical (unpaired) electrons. The number of carbonyl (C=O) groups excluding carboxylic acids is 1. The van der Waals surface area contributed by atoms with Crippen LogP contribution in [0.2, 0.25) is 0 Å². The van der Waals surface area contributed by atoms with Gasteiger partial charge >= 0.3 is 12.4 Å². The fourth-order valence-electron chi connectivity index (χ4n) is 2.40. The summed E-state index contributed by atoms with van der Waals surface area (Å²) in [5, 5.41) is 2.68. The number of aryl methyl sites for hydroxylation is 1. The van der Waals surface area contributed by atoms with Gasteiger partial charge < -0.3 is 10.1 Å². The van der Waals surface area contributed by atoms with E-state index in [9.17, 15) is 31.1 Å². The minimum atomic E-state index is -4.45. The molecule has 10 heteroatoms. The molecule has 0 aliphatic carbocycles. The van der Waals surface area contributed by atoms with Crippen molar-refractivity contribution in [1.82, 2.24) is 10.3 Å². The van der Waals surface area contributed by atoms with Gasteiger partial charge in [-0.1, -0.05) is 12.1 Å². The molecule has 0 saturated carbocycles. The highest BCUT2D eigenvalue weighted by atomic mass is 19.4. The van der Waals surface area contributed by atoms with E-state index in [0.29, 0.717) is 11.3 Å². The van der Waals surface area contributed by atoms with Crippen LogP contribution in [0, 0.1) is 0 Å². The van der Waals surface area contributed by atoms with Gasteiger partial charge in [-0.2, -0.15) is 26.3 Å². The van der Waals surface area contributed by atoms with Gasteiger partial charge in [-0.25, -0.2) is 0 Å². The molecule has 1 aromatic heterocycles. The second-order valence-corrected chi connectivity index (χ2v) is 6.31. The molecule has 158 valence electrons. The summed E-state index contributed by atoms with van der Waals surface area (Å²) in [6.45, 7) is 0.221. The summed E-state index contributed by atoms with van der Waals surface area (Å²) in [4.78, 5) is 16.0. The monoisotopic (exact) mass is 420 g/mol. The van der Waals surface area contributed by atoms with E-state index in [2.05, 4.69) is 15.0 Å². The molecule has 1 heterocycles. The first-order valence-corrected chi connectivity index (χ1v) is 8.55. The van der Waals surface area contributed by atoms with Gasteiger partial charge in [0.15, 0.2) is 6.61 Å². The second kappa shape index (κ2) is 9.15. The van der Waals surface area contributed by atoms with E-state index in [1.165, 1.54) is 24.3 Å². The Morgan fingerprint density at radius 2 is 1.72 bits per heavy atom. The van der Waals surface area contributed by atoms with Crippen LogP contribution >= 0.6 is 0 Å². The maximum atomic E-state index is 12.5. The standard InChI is InChI=1S/C19H18F6N2O2/c1-12(16-8-7-15(10-26-16)29-11-18(20,21)22)27-17(28)9-4-13-2-5-14(6-3-13)19(23,24)25/h2-3,5-8,10,12H,4,9,11H2,1H3,(H,27,28)/t12-/m1/s1. The fourth-order valence-corrected chi connectivity index (χ4v) is 2.40. The number of amides is 1. The number of aromatic nitrogens is 1. The number of pyridine rings is 1. The van der Waals surface area contributed by atoms with Crippen molar-refractivity contribution in [3.05, 3.63) is 59.4 Å². The molecule has 2 rings (SSSR count). The van der Waals surface area contributed by atoms with E-state index in [-0.39, 0.29) is 24.5 Å². The van der Waals surface area contributed by atoms with Crippen LogP contribution in [0.1, 0.15) is 36.2 Å². The Hall–Kier alpha value is -2.78. The first kappa shape index (κ1) is 22.5. The number of hydrogen-bond donors (Lipinski definition) is 1. The van der Waals surface area contributed by atoms with Crippen molar-refractivity contribution >= 4 is 5.91 Å². The molecular weight excluding hydrogens is 402 g/mol. The molecule has 1 aromatic carbocycles. The Kier molecular flexibility index (Phi) is 7.10. The lowest BCUT2D eigenvalue weighted by Gasteiger charge is -2.14. The lowest BCUT2D eigenvalue weighted by molar-refractivity contribution is -0.153. The Balaban J connectivity index is 1.82. The average molecular weight is 420 g/mol. The van der Waals surface area contributed by atoms with E-state index in [4.69, 9.17) is 0 Å². The lowest BCUT2D eigenvalue weighted by atomic mass is 10.1. The third-order valence-corrected chi connectivity index (χ3v) is 3.90. The molecule has 0 fully saturated rings. The van der Waals surface area contributed by atoms with Crippen LogP contribution in [0.4, 0.5) is 26.3 Å². The zero-order valence-electron chi connectivity index (χ0n) is 15.3. The van der Waals surface area contributed by atoms with Gasteiger partial charge in [-0.05, 0) is 43.2 Å². The third kappa shape index (κ3) is 7.63. The molecule has 0 aliphatic rings. The fraction of sp³-hybridized carbons (Fsp3) is 0.368. The minimum Gasteiger partial charge on any atom is -0.483 e. The summed E-state index contributed by atoms with van der Waals surface area (Å²) in [7, 11) is 0. The summed E-state index contributed by atoms with van der Waals surface area (Å²) in [6.07, 6.45) is -7.42. The normalized spacial score (nSPS) is 13.1. The summed E-state index contributed by atoms with van der Waals surface area (Å²) in [5.41, 5.74) is 0.255. The molecule has 29 heavy (non-hydrogen) atoms. The van der Waals surface area contributed by atoms with E-state index < -0.39 is 30.6 Å². The summed E-state index contributed by atoms with van der Waals surface area (Å²) in [6, 6.07) is 6.81. The highest BCUT2D eigenvalue weighted by Crippen LogP contribution is 2.29. The molecule has 2 aromatic rings. The summed E-state index contributed by atoms with van der Waals surface area (Å²) in [5.74, 6) is -0.386. The second-order valence-electron chi connectivity index (χ2n) is 6.31. The smallest absolute Gasteiger partial charge is 0.422 e. The molecule has 0 unspecified atom stereocenters. The molecule has 1 amide bonds. The average Bonchev–Trinajstić information content (AvgIpc) is 2.64. The van der Waals surface area contributed by atoms with Crippen LogP contribution in [0.3, 0.4) is 0 Å². The van der Waals surface area contributed by atoms with Crippen molar-refractivity contribution in [2.75, 3.05) is 6.61 Å². The number of ether oxygens (including phenoxy) is 1. The van der Waals surface area contributed by atoms with Crippen molar-refractivity contribution in [2.45, 2.75) is 38.2 Å². The molecule has 0 spiro atoms. The van der Waals surface area contributed by atoms with Gasteiger partial charge in [0.05, 0.1) is 23.5 Å². The highest BCUT2D eigenvalue weighted by Gasteiger charge is 2.30. The molecular formula is C19H18F6N2O2. The number of halogens is 6. The number of carbonyl (C=O) groups is 1. The zero-order chi connectivity index (χ0) is 21.7. The number of rotatable bonds is 7. The van der Waals surface area contributed by atoms with Crippen molar-refractivity contribution < 1.29 is 35.9 Å². The summed E-state index contributed by atoms with van der Waals surface area (Å²) < 4.78 is 78.5. The molecule has 1 atom stereocenters. The lowest BCUT2D eigenvalue weighted by Crippen LogP contribution is -2.27. The van der Waals surface area contributed by atoms with Crippen molar-refractivity contribution in [3.8, 4) is 5.75 Å². The Bertz CT molecular complexity index is 801. The van der Waals surface area contributed by atoms with Gasteiger partial charge in [0.2, 0.25) is 5.91 Å². The van der Waals surface area contributed by atoms with E-state index in [1.807, 2.05) is 0 Å².